The Morgan fingerprint density at radius 1 is 1.04 bits per heavy atom. The Balaban J connectivity index is 1.85. The summed E-state index contributed by atoms with van der Waals surface area (Å²) in [6.45, 7) is 2.02. The van der Waals surface area contributed by atoms with Gasteiger partial charge in [0.15, 0.2) is 5.17 Å². The van der Waals surface area contributed by atoms with Gasteiger partial charge >= 0.3 is 0 Å². The van der Waals surface area contributed by atoms with Gasteiger partial charge in [0.1, 0.15) is 11.5 Å². The molecule has 0 bridgehead atoms. The van der Waals surface area contributed by atoms with Gasteiger partial charge in [0.2, 0.25) is 0 Å². The predicted molar refractivity (Wildman–Crippen MR) is 102 cm³/mol. The molecule has 0 atom stereocenters. The van der Waals surface area contributed by atoms with Crippen LogP contribution in [-0.2, 0) is 4.79 Å². The molecule has 6 heteroatoms. The highest BCUT2D eigenvalue weighted by molar-refractivity contribution is 8.18. The van der Waals surface area contributed by atoms with Gasteiger partial charge in [0, 0.05) is 6.07 Å². The average molecular weight is 354 g/mol. The molecule has 128 valence electrons. The van der Waals surface area contributed by atoms with E-state index in [0.29, 0.717) is 21.6 Å². The minimum Gasteiger partial charge on any atom is -0.497 e. The number of nitrogens with one attached hydrogen (secondary N) is 1. The van der Waals surface area contributed by atoms with Crippen LogP contribution in [0.1, 0.15) is 11.1 Å². The van der Waals surface area contributed by atoms with Gasteiger partial charge in [-0.15, -0.1) is 0 Å². The highest BCUT2D eigenvalue weighted by Crippen LogP contribution is 2.30. The van der Waals surface area contributed by atoms with Crippen LogP contribution in [0.4, 0.5) is 5.69 Å². The van der Waals surface area contributed by atoms with Gasteiger partial charge in [0.05, 0.1) is 24.8 Å². The number of amidine groups is 1. The van der Waals surface area contributed by atoms with Crippen molar-refractivity contribution in [2.24, 2.45) is 4.99 Å². The fraction of sp³-hybridized carbons (Fsp3) is 0.158. The number of thioether (sulfide) groups is 1. The molecule has 5 nitrogen and oxygen atoms in total. The number of nitrogens with zero attached hydrogens (tertiary/aromatic N) is 1. The van der Waals surface area contributed by atoms with Crippen molar-refractivity contribution in [3.8, 4) is 11.5 Å². The predicted octanol–water partition coefficient (Wildman–Crippen LogP) is 3.90. The molecule has 1 N–H and O–H groups in total. The summed E-state index contributed by atoms with van der Waals surface area (Å²) >= 11 is 1.31. The van der Waals surface area contributed by atoms with E-state index in [0.717, 1.165) is 11.3 Å². The van der Waals surface area contributed by atoms with E-state index < -0.39 is 0 Å². The summed E-state index contributed by atoms with van der Waals surface area (Å²) in [4.78, 5) is 17.2. The van der Waals surface area contributed by atoms with Gasteiger partial charge in [-0.3, -0.25) is 4.79 Å². The number of hydrogen-bond donors (Lipinski definition) is 1. The second kappa shape index (κ2) is 7.44. The van der Waals surface area contributed by atoms with E-state index in [9.17, 15) is 4.79 Å². The molecule has 1 aliphatic rings. The number of amides is 1. The Labute approximate surface area is 150 Å². The molecule has 0 unspecified atom stereocenters. The molecule has 2 aromatic rings. The first kappa shape index (κ1) is 17.1. The second-order valence-corrected chi connectivity index (χ2v) is 6.49. The molecule has 0 aromatic heterocycles. The minimum atomic E-state index is -0.169. The summed E-state index contributed by atoms with van der Waals surface area (Å²) in [6, 6.07) is 13.3. The largest absolute Gasteiger partial charge is 0.497 e. The molecule has 25 heavy (non-hydrogen) atoms. The number of aliphatic imine (C=N–C) groups is 1. The Morgan fingerprint density at radius 3 is 2.28 bits per heavy atom. The lowest BCUT2D eigenvalue weighted by Gasteiger charge is -2.06. The zero-order chi connectivity index (χ0) is 17.8. The molecule has 2 aromatic carbocycles. The first-order valence-corrected chi connectivity index (χ1v) is 8.48. The van der Waals surface area contributed by atoms with Crippen LogP contribution in [0.25, 0.3) is 6.08 Å². The number of benzene rings is 2. The van der Waals surface area contributed by atoms with Crippen LogP contribution in [0.3, 0.4) is 0 Å². The molecular weight excluding hydrogens is 336 g/mol. The Bertz CT molecular complexity index is 835. The van der Waals surface area contributed by atoms with Crippen molar-refractivity contribution >= 4 is 34.6 Å². The first-order valence-electron chi connectivity index (χ1n) is 7.67. The standard InChI is InChI=1S/C19H18N2O3S/c1-12-4-6-14(7-5-12)20-19-21-18(22)17(25-19)10-13-8-15(23-2)11-16(9-13)24-3/h4-11H,1-3H3,(H,20,21,22)/b17-10-. The topological polar surface area (TPSA) is 59.9 Å². The van der Waals surface area contributed by atoms with Crippen molar-refractivity contribution in [1.29, 1.82) is 0 Å². The zero-order valence-corrected chi connectivity index (χ0v) is 15.0. The maximum absolute atomic E-state index is 12.2. The number of carbonyl (C=O) groups is 1. The molecule has 1 aliphatic heterocycles. The lowest BCUT2D eigenvalue weighted by Crippen LogP contribution is -2.19. The Kier molecular flexibility index (Phi) is 5.09. The lowest BCUT2D eigenvalue weighted by atomic mass is 10.2. The lowest BCUT2D eigenvalue weighted by molar-refractivity contribution is -0.115. The molecule has 0 radical (unpaired) electrons. The zero-order valence-electron chi connectivity index (χ0n) is 14.2. The highest BCUT2D eigenvalue weighted by atomic mass is 32.2. The number of hydrogen-bond acceptors (Lipinski definition) is 5. The summed E-state index contributed by atoms with van der Waals surface area (Å²) in [7, 11) is 3.18. The first-order chi connectivity index (χ1) is 12.1. The van der Waals surface area contributed by atoms with Crippen LogP contribution < -0.4 is 14.8 Å². The monoisotopic (exact) mass is 354 g/mol. The van der Waals surface area contributed by atoms with E-state index in [1.54, 1.807) is 26.4 Å². The molecule has 3 rings (SSSR count). The third-order valence-electron chi connectivity index (χ3n) is 3.59. The number of carbonyl (C=O) groups excluding carboxylic acids is 1. The van der Waals surface area contributed by atoms with Crippen molar-refractivity contribution < 1.29 is 14.3 Å². The summed E-state index contributed by atoms with van der Waals surface area (Å²) in [5.74, 6) is 1.17. The van der Waals surface area contributed by atoms with Gasteiger partial charge in [-0.2, -0.15) is 0 Å². The third kappa shape index (κ3) is 4.22. The second-order valence-electron chi connectivity index (χ2n) is 5.46. The summed E-state index contributed by atoms with van der Waals surface area (Å²) in [5, 5.41) is 3.35. The van der Waals surface area contributed by atoms with E-state index in [1.807, 2.05) is 43.3 Å². The summed E-state index contributed by atoms with van der Waals surface area (Å²) in [6.07, 6.45) is 1.79. The van der Waals surface area contributed by atoms with Gasteiger partial charge in [-0.25, -0.2) is 4.99 Å². The van der Waals surface area contributed by atoms with E-state index in [1.165, 1.54) is 17.3 Å². The number of ether oxygens (including phenoxy) is 2. The SMILES string of the molecule is COc1cc(/C=C2\SC(=Nc3ccc(C)cc3)NC2=O)cc(OC)c1. The van der Waals surface area contributed by atoms with Crippen LogP contribution >= 0.6 is 11.8 Å². The van der Waals surface area contributed by atoms with Crippen molar-refractivity contribution in [2.75, 3.05) is 14.2 Å². The van der Waals surface area contributed by atoms with Crippen LogP contribution in [0.15, 0.2) is 52.4 Å². The number of rotatable bonds is 4. The molecule has 1 amide bonds. The molecule has 1 fully saturated rings. The Hall–Kier alpha value is -2.73. The summed E-state index contributed by atoms with van der Waals surface area (Å²) < 4.78 is 10.5. The third-order valence-corrected chi connectivity index (χ3v) is 4.50. The smallest absolute Gasteiger partial charge is 0.264 e. The molecule has 0 aliphatic carbocycles. The van der Waals surface area contributed by atoms with Crippen molar-refractivity contribution in [3.63, 3.8) is 0 Å². The maximum Gasteiger partial charge on any atom is 0.264 e. The fourth-order valence-electron chi connectivity index (χ4n) is 2.28. The molecule has 1 heterocycles. The van der Waals surface area contributed by atoms with E-state index in [2.05, 4.69) is 10.3 Å². The van der Waals surface area contributed by atoms with Gasteiger partial charge < -0.3 is 14.8 Å². The van der Waals surface area contributed by atoms with Gasteiger partial charge in [0.25, 0.3) is 5.91 Å². The molecule has 0 saturated carbocycles. The summed E-state index contributed by atoms with van der Waals surface area (Å²) in [5.41, 5.74) is 2.79. The van der Waals surface area contributed by atoms with Gasteiger partial charge in [-0.1, -0.05) is 17.7 Å². The Morgan fingerprint density at radius 2 is 1.68 bits per heavy atom. The normalized spacial score (nSPS) is 17.0. The van der Waals surface area contributed by atoms with Crippen LogP contribution in [0.2, 0.25) is 0 Å². The number of methoxy groups -OCH3 is 2. The van der Waals surface area contributed by atoms with Crippen LogP contribution in [0, 0.1) is 6.92 Å². The molecule has 0 spiro atoms. The minimum absolute atomic E-state index is 0.169. The quantitative estimate of drug-likeness (QED) is 0.846. The van der Waals surface area contributed by atoms with Crippen molar-refractivity contribution in [3.05, 3.63) is 58.5 Å². The number of aryl methyl sites for hydroxylation is 1. The van der Waals surface area contributed by atoms with Crippen molar-refractivity contribution in [1.82, 2.24) is 5.32 Å². The van der Waals surface area contributed by atoms with Crippen LogP contribution in [-0.4, -0.2) is 25.3 Å². The maximum atomic E-state index is 12.2. The van der Waals surface area contributed by atoms with E-state index >= 15 is 0 Å². The van der Waals surface area contributed by atoms with Crippen molar-refractivity contribution in [2.45, 2.75) is 6.92 Å². The van der Waals surface area contributed by atoms with Crippen LogP contribution in [0.5, 0.6) is 11.5 Å². The van der Waals surface area contributed by atoms with E-state index in [4.69, 9.17) is 9.47 Å². The van der Waals surface area contributed by atoms with Gasteiger partial charge in [-0.05, 0) is 54.6 Å². The average Bonchev–Trinajstić information content (AvgIpc) is 2.95. The molecular formula is C19H18N2O3S. The highest BCUT2D eigenvalue weighted by Gasteiger charge is 2.23. The van der Waals surface area contributed by atoms with E-state index in [-0.39, 0.29) is 5.91 Å². The fourth-order valence-corrected chi connectivity index (χ4v) is 3.12. The molecule has 1 saturated heterocycles.